The van der Waals surface area contributed by atoms with E-state index in [2.05, 4.69) is 17.0 Å². The topological polar surface area (TPSA) is 35.6 Å². The molecule has 5 heteroatoms. The summed E-state index contributed by atoms with van der Waals surface area (Å²) in [6.07, 6.45) is 3.23. The molecule has 0 aromatic heterocycles. The van der Waals surface area contributed by atoms with E-state index < -0.39 is 24.0 Å². The van der Waals surface area contributed by atoms with Gasteiger partial charge >= 0.3 is 145 Å². The van der Waals surface area contributed by atoms with Crippen LogP contribution < -0.4 is 5.32 Å². The molecule has 3 rings (SSSR count). The molecule has 2 atom stereocenters. The van der Waals surface area contributed by atoms with E-state index in [1.54, 1.807) is 0 Å². The van der Waals surface area contributed by atoms with E-state index in [-0.39, 0.29) is 5.91 Å². The van der Waals surface area contributed by atoms with Gasteiger partial charge in [0.25, 0.3) is 0 Å². The maximum absolute atomic E-state index is 12.1. The van der Waals surface area contributed by atoms with Gasteiger partial charge in [0, 0.05) is 0 Å². The molecule has 2 aliphatic rings. The van der Waals surface area contributed by atoms with E-state index >= 15 is 0 Å². The van der Waals surface area contributed by atoms with E-state index in [0.29, 0.717) is 12.5 Å². The monoisotopic (exact) mass is 491 g/mol. The third kappa shape index (κ3) is 4.03. The van der Waals surface area contributed by atoms with E-state index in [4.69, 9.17) is 0 Å². The number of piperidine rings is 1. The fraction of sp³-hybridized carbons (Fsp3) is 0.529. The van der Waals surface area contributed by atoms with Gasteiger partial charge in [-0.05, 0) is 0 Å². The number of carbonyl (C=O) groups excluding carboxylic acids is 1. The molecule has 116 valence electrons. The summed E-state index contributed by atoms with van der Waals surface area (Å²) >= 11 is -0.867. The normalized spacial score (nSPS) is 25.5. The third-order valence-corrected chi connectivity index (χ3v) is 8.51. The summed E-state index contributed by atoms with van der Waals surface area (Å²) in [5.41, 5.74) is 0.891. The van der Waals surface area contributed by atoms with Gasteiger partial charge in [0.1, 0.15) is 0 Å². The van der Waals surface area contributed by atoms with Crippen LogP contribution in [0.1, 0.15) is 19.3 Å². The van der Waals surface area contributed by atoms with E-state index in [1.807, 2.05) is 30.3 Å². The van der Waals surface area contributed by atoms with Crippen LogP contribution in [-0.4, -0.2) is 73.8 Å². The van der Waals surface area contributed by atoms with Crippen molar-refractivity contribution < 1.29 is 4.79 Å². The molecule has 2 saturated heterocycles. The van der Waals surface area contributed by atoms with Crippen LogP contribution >= 0.6 is 0 Å². The number of hydrogen-bond acceptors (Lipinski definition) is 3. The quantitative estimate of drug-likeness (QED) is 0.635. The summed E-state index contributed by atoms with van der Waals surface area (Å²) in [4.78, 5) is 14.7. The number of carbonyl (C=O) groups is 1. The number of para-hydroxylation sites is 1. The predicted molar refractivity (Wildman–Crippen MR) is 92.2 cm³/mol. The zero-order chi connectivity index (χ0) is 15.4. The van der Waals surface area contributed by atoms with Gasteiger partial charge in [-0.15, -0.1) is 0 Å². The number of amides is 1. The molecular weight excluding hydrogens is 467 g/mol. The molecule has 0 saturated carbocycles. The van der Waals surface area contributed by atoms with Gasteiger partial charge in [-0.1, -0.05) is 0 Å². The number of hydrogen-bond donors (Lipinski definition) is 1. The Morgan fingerprint density at radius 2 is 2.14 bits per heavy atom. The standard InChI is InChI=1S/C16H22N3O.CH2.Tl/c20-16(18-14-6-2-1-3-7-14)8-10-19-9-4-5-13-11-17-12-15(13)19;;/h1-3,6-7,13,15H,4-5,8-12H2,(H,18,20);1H2;/q-1;;+1. The van der Waals surface area contributed by atoms with Gasteiger partial charge in [0.15, 0.2) is 0 Å². The van der Waals surface area contributed by atoms with Crippen molar-refractivity contribution in [2.45, 2.75) is 25.3 Å². The van der Waals surface area contributed by atoms with Crippen LogP contribution in [0.2, 0.25) is 0 Å². The van der Waals surface area contributed by atoms with Crippen molar-refractivity contribution >= 4 is 39.7 Å². The van der Waals surface area contributed by atoms with Crippen molar-refractivity contribution in [3.8, 4) is 0 Å². The molecule has 1 aromatic rings. The van der Waals surface area contributed by atoms with Gasteiger partial charge in [0.2, 0.25) is 0 Å². The Hall–Kier alpha value is -0.598. The average Bonchev–Trinajstić information content (AvgIpc) is 2.97. The van der Waals surface area contributed by atoms with Crippen LogP contribution in [0.15, 0.2) is 30.3 Å². The average molecular weight is 491 g/mol. The van der Waals surface area contributed by atoms with Crippen LogP contribution in [0.5, 0.6) is 0 Å². The zero-order valence-corrected chi connectivity index (χ0v) is 17.6. The molecule has 22 heavy (non-hydrogen) atoms. The Bertz CT molecular complexity index is 522. The number of anilines is 1. The zero-order valence-electron chi connectivity index (χ0n) is 13.1. The summed E-state index contributed by atoms with van der Waals surface area (Å²) in [6.45, 7) is 4.53. The molecule has 2 aliphatic heterocycles. The number of fused-ring (bicyclic) bond motifs is 1. The summed E-state index contributed by atoms with van der Waals surface area (Å²) in [5, 5.41) is 2.99. The molecule has 0 aliphatic carbocycles. The number of benzene rings is 1. The molecule has 2 heterocycles. The van der Waals surface area contributed by atoms with E-state index in [1.165, 1.54) is 25.9 Å². The SMILES string of the molecule is [CH2]=[Tl][N]1CC2CCCN(CCC(=O)Nc3ccccc3)C2C1. The Balaban J connectivity index is 1.50. The second-order valence-corrected chi connectivity index (χ2v) is 10.6. The summed E-state index contributed by atoms with van der Waals surface area (Å²) in [6, 6.07) is 10.4. The third-order valence-electron chi connectivity index (χ3n) is 4.87. The minimum atomic E-state index is -0.867. The molecule has 0 radical (unpaired) electrons. The molecule has 1 aromatic carbocycles. The minimum absolute atomic E-state index is 0.124. The van der Waals surface area contributed by atoms with E-state index in [0.717, 1.165) is 24.7 Å². The Labute approximate surface area is 145 Å². The van der Waals surface area contributed by atoms with Crippen LogP contribution in [0.25, 0.3) is 0 Å². The first-order chi connectivity index (χ1) is 10.8. The Kier molecular flexibility index (Phi) is 5.76. The second kappa shape index (κ2) is 7.79. The van der Waals surface area contributed by atoms with Crippen molar-refractivity contribution in [2.75, 3.05) is 31.5 Å². The first kappa shape index (κ1) is 16.3. The fourth-order valence-corrected chi connectivity index (χ4v) is 6.77. The van der Waals surface area contributed by atoms with Crippen LogP contribution in [0.3, 0.4) is 0 Å². The molecule has 0 spiro atoms. The van der Waals surface area contributed by atoms with Crippen LogP contribution in [0.4, 0.5) is 5.69 Å². The van der Waals surface area contributed by atoms with Gasteiger partial charge in [-0.3, -0.25) is 0 Å². The van der Waals surface area contributed by atoms with E-state index in [9.17, 15) is 4.79 Å². The number of rotatable bonds is 5. The van der Waals surface area contributed by atoms with Crippen LogP contribution in [0, 0.1) is 5.92 Å². The number of nitrogens with one attached hydrogen (secondary N) is 1. The molecule has 1 N–H and O–H groups in total. The second-order valence-electron chi connectivity index (χ2n) is 6.31. The maximum atomic E-state index is 12.1. The van der Waals surface area contributed by atoms with Gasteiger partial charge in [-0.25, -0.2) is 0 Å². The van der Waals surface area contributed by atoms with Crippen molar-refractivity contribution in [1.82, 2.24) is 7.61 Å². The van der Waals surface area contributed by atoms with Gasteiger partial charge in [0.05, 0.1) is 0 Å². The number of likely N-dealkylation sites (tertiary alicyclic amines) is 1. The van der Waals surface area contributed by atoms with Crippen molar-refractivity contribution in [3.05, 3.63) is 30.3 Å². The summed E-state index contributed by atoms with van der Waals surface area (Å²) < 4.78 is 6.87. The molecule has 2 unspecified atom stereocenters. The molecule has 2 fully saturated rings. The van der Waals surface area contributed by atoms with Crippen molar-refractivity contribution in [2.24, 2.45) is 5.92 Å². The molecule has 0 bridgehead atoms. The Morgan fingerprint density at radius 1 is 1.32 bits per heavy atom. The summed E-state index contributed by atoms with van der Waals surface area (Å²) in [7, 11) is 0. The Morgan fingerprint density at radius 3 is 2.91 bits per heavy atom. The van der Waals surface area contributed by atoms with Crippen molar-refractivity contribution in [3.63, 3.8) is 0 Å². The predicted octanol–water partition coefficient (Wildman–Crippen LogP) is 1.46. The van der Waals surface area contributed by atoms with Crippen LogP contribution in [-0.2, 0) is 4.79 Å². The molecular formula is C17H24N3OTl. The molecule has 1 amide bonds. The first-order valence-electron chi connectivity index (χ1n) is 8.22. The summed E-state index contributed by atoms with van der Waals surface area (Å²) in [5.74, 6) is 0.948. The van der Waals surface area contributed by atoms with Crippen molar-refractivity contribution in [1.29, 1.82) is 0 Å². The first-order valence-corrected chi connectivity index (χ1v) is 13.4. The van der Waals surface area contributed by atoms with Gasteiger partial charge < -0.3 is 0 Å². The fourth-order valence-electron chi connectivity index (χ4n) is 3.72. The van der Waals surface area contributed by atoms with Gasteiger partial charge in [-0.2, -0.15) is 0 Å². The number of nitrogens with zero attached hydrogens (tertiary/aromatic N) is 2. The molecule has 4 nitrogen and oxygen atoms in total.